The molecule has 2 aromatic carbocycles. The van der Waals surface area contributed by atoms with E-state index in [1.807, 2.05) is 6.92 Å². The van der Waals surface area contributed by atoms with E-state index in [0.717, 1.165) is 11.1 Å². The number of nitrogens with one attached hydrogen (secondary N) is 2. The standard InChI is InChI=1S/C20H21Cl2N3O3/c1-13-16(19(26)25-7-9-28-10-8-25)3-2-4-18(13)24-20(27)23-12-14-5-6-15(21)11-17(14)22/h2-6,11H,7-10,12H2,1H3,(H2,23,24,27). The van der Waals surface area contributed by atoms with E-state index in [2.05, 4.69) is 10.6 Å². The van der Waals surface area contributed by atoms with Gasteiger partial charge in [0.2, 0.25) is 0 Å². The van der Waals surface area contributed by atoms with Gasteiger partial charge in [0.15, 0.2) is 0 Å². The van der Waals surface area contributed by atoms with Gasteiger partial charge in [-0.1, -0.05) is 35.3 Å². The summed E-state index contributed by atoms with van der Waals surface area (Å²) in [4.78, 5) is 26.8. The van der Waals surface area contributed by atoms with Crippen LogP contribution < -0.4 is 10.6 Å². The zero-order valence-corrected chi connectivity index (χ0v) is 16.9. The fourth-order valence-corrected chi connectivity index (χ4v) is 3.42. The normalized spacial score (nSPS) is 13.9. The summed E-state index contributed by atoms with van der Waals surface area (Å²) in [7, 11) is 0. The number of carbonyl (C=O) groups is 2. The first-order chi connectivity index (χ1) is 13.5. The number of nitrogens with zero attached hydrogens (tertiary/aromatic N) is 1. The van der Waals surface area contributed by atoms with Gasteiger partial charge in [-0.2, -0.15) is 0 Å². The summed E-state index contributed by atoms with van der Waals surface area (Å²) in [5, 5.41) is 6.58. The molecule has 1 aliphatic rings. The molecular weight excluding hydrogens is 401 g/mol. The van der Waals surface area contributed by atoms with E-state index >= 15 is 0 Å². The monoisotopic (exact) mass is 421 g/mol. The van der Waals surface area contributed by atoms with Gasteiger partial charge in [0.05, 0.1) is 13.2 Å². The number of amides is 3. The maximum atomic E-state index is 12.8. The van der Waals surface area contributed by atoms with Gasteiger partial charge in [-0.15, -0.1) is 0 Å². The number of urea groups is 1. The molecular formula is C20H21Cl2N3O3. The van der Waals surface area contributed by atoms with E-state index in [0.29, 0.717) is 47.6 Å². The van der Waals surface area contributed by atoms with Crippen molar-refractivity contribution >= 4 is 40.8 Å². The zero-order valence-electron chi connectivity index (χ0n) is 15.4. The Morgan fingerprint density at radius 3 is 2.61 bits per heavy atom. The van der Waals surface area contributed by atoms with Crippen molar-refractivity contribution in [1.82, 2.24) is 10.2 Å². The Morgan fingerprint density at radius 2 is 1.89 bits per heavy atom. The molecule has 1 aliphatic heterocycles. The molecule has 0 saturated carbocycles. The number of benzene rings is 2. The molecule has 1 saturated heterocycles. The van der Waals surface area contributed by atoms with Crippen LogP contribution in [0.5, 0.6) is 0 Å². The number of carbonyl (C=O) groups excluding carboxylic acids is 2. The molecule has 1 fully saturated rings. The summed E-state index contributed by atoms with van der Waals surface area (Å²) in [5.74, 6) is -0.0576. The minimum Gasteiger partial charge on any atom is -0.378 e. The quantitative estimate of drug-likeness (QED) is 0.780. The maximum absolute atomic E-state index is 12.8. The van der Waals surface area contributed by atoms with Crippen molar-refractivity contribution in [3.05, 3.63) is 63.1 Å². The molecule has 3 amide bonds. The summed E-state index contributed by atoms with van der Waals surface area (Å²) in [6, 6.07) is 10.0. The first-order valence-electron chi connectivity index (χ1n) is 8.91. The second-order valence-corrected chi connectivity index (χ2v) is 7.27. The van der Waals surface area contributed by atoms with Crippen LogP contribution in [-0.4, -0.2) is 43.1 Å². The molecule has 0 bridgehead atoms. The van der Waals surface area contributed by atoms with E-state index in [-0.39, 0.29) is 18.5 Å². The molecule has 0 radical (unpaired) electrons. The summed E-state index contributed by atoms with van der Waals surface area (Å²) < 4.78 is 5.29. The van der Waals surface area contributed by atoms with Crippen molar-refractivity contribution in [2.45, 2.75) is 13.5 Å². The molecule has 2 aromatic rings. The van der Waals surface area contributed by atoms with E-state index in [9.17, 15) is 9.59 Å². The van der Waals surface area contributed by atoms with Crippen LogP contribution in [0.15, 0.2) is 36.4 Å². The second kappa shape index (κ2) is 9.28. The van der Waals surface area contributed by atoms with Crippen LogP contribution in [-0.2, 0) is 11.3 Å². The lowest BCUT2D eigenvalue weighted by atomic mass is 10.1. The Bertz CT molecular complexity index is 883. The average Bonchev–Trinajstić information content (AvgIpc) is 2.69. The molecule has 0 unspecified atom stereocenters. The van der Waals surface area contributed by atoms with Crippen LogP contribution >= 0.6 is 23.2 Å². The average molecular weight is 422 g/mol. The summed E-state index contributed by atoms with van der Waals surface area (Å²) in [6.45, 7) is 4.29. The van der Waals surface area contributed by atoms with Crippen molar-refractivity contribution in [2.75, 3.05) is 31.6 Å². The van der Waals surface area contributed by atoms with E-state index in [4.69, 9.17) is 27.9 Å². The fourth-order valence-electron chi connectivity index (χ4n) is 2.95. The first-order valence-corrected chi connectivity index (χ1v) is 9.66. The third-order valence-corrected chi connectivity index (χ3v) is 5.15. The lowest BCUT2D eigenvalue weighted by molar-refractivity contribution is 0.0302. The molecule has 6 nitrogen and oxygen atoms in total. The Hall–Kier alpha value is -2.28. The summed E-state index contributed by atoms with van der Waals surface area (Å²) in [6.07, 6.45) is 0. The van der Waals surface area contributed by atoms with Crippen LogP contribution in [0.4, 0.5) is 10.5 Å². The predicted octanol–water partition coefficient (Wildman–Crippen LogP) is 4.10. The fraction of sp³-hybridized carbons (Fsp3) is 0.300. The molecule has 2 N–H and O–H groups in total. The third kappa shape index (κ3) is 4.95. The number of ether oxygens (including phenoxy) is 1. The third-order valence-electron chi connectivity index (χ3n) is 4.57. The summed E-state index contributed by atoms with van der Waals surface area (Å²) >= 11 is 12.0. The molecule has 1 heterocycles. The topological polar surface area (TPSA) is 70.7 Å². The molecule has 3 rings (SSSR count). The van der Waals surface area contributed by atoms with Gasteiger partial charge >= 0.3 is 6.03 Å². The summed E-state index contributed by atoms with van der Waals surface area (Å²) in [5.41, 5.74) is 2.63. The molecule has 28 heavy (non-hydrogen) atoms. The van der Waals surface area contributed by atoms with Crippen molar-refractivity contribution in [2.24, 2.45) is 0 Å². The predicted molar refractivity (Wildman–Crippen MR) is 110 cm³/mol. The largest absolute Gasteiger partial charge is 0.378 e. The Balaban J connectivity index is 1.65. The lowest BCUT2D eigenvalue weighted by Gasteiger charge is -2.27. The maximum Gasteiger partial charge on any atom is 0.319 e. The SMILES string of the molecule is Cc1c(NC(=O)NCc2ccc(Cl)cc2Cl)cccc1C(=O)N1CCOCC1. The van der Waals surface area contributed by atoms with Gasteiger partial charge in [0, 0.05) is 40.9 Å². The highest BCUT2D eigenvalue weighted by molar-refractivity contribution is 6.35. The number of morpholine rings is 1. The van der Waals surface area contributed by atoms with Gasteiger partial charge in [0.25, 0.3) is 5.91 Å². The number of anilines is 1. The highest BCUT2D eigenvalue weighted by atomic mass is 35.5. The van der Waals surface area contributed by atoms with Crippen molar-refractivity contribution in [3.63, 3.8) is 0 Å². The van der Waals surface area contributed by atoms with Gasteiger partial charge in [-0.3, -0.25) is 4.79 Å². The van der Waals surface area contributed by atoms with Crippen molar-refractivity contribution < 1.29 is 14.3 Å². The van der Waals surface area contributed by atoms with Crippen LogP contribution in [0, 0.1) is 6.92 Å². The minimum absolute atomic E-state index is 0.0576. The highest BCUT2D eigenvalue weighted by Gasteiger charge is 2.21. The highest BCUT2D eigenvalue weighted by Crippen LogP contribution is 2.22. The first kappa shape index (κ1) is 20.5. The van der Waals surface area contributed by atoms with Gasteiger partial charge in [-0.25, -0.2) is 4.79 Å². The molecule has 0 spiro atoms. The zero-order chi connectivity index (χ0) is 20.1. The molecule has 0 aromatic heterocycles. The molecule has 8 heteroatoms. The smallest absolute Gasteiger partial charge is 0.319 e. The van der Waals surface area contributed by atoms with Gasteiger partial charge < -0.3 is 20.3 Å². The van der Waals surface area contributed by atoms with E-state index < -0.39 is 0 Å². The van der Waals surface area contributed by atoms with E-state index in [1.54, 1.807) is 41.3 Å². The number of halogens is 2. The number of hydrogen-bond acceptors (Lipinski definition) is 3. The number of hydrogen-bond donors (Lipinski definition) is 2. The van der Waals surface area contributed by atoms with Crippen LogP contribution in [0.25, 0.3) is 0 Å². The second-order valence-electron chi connectivity index (χ2n) is 6.43. The Labute approximate surface area is 173 Å². The van der Waals surface area contributed by atoms with Crippen LogP contribution in [0.2, 0.25) is 10.0 Å². The van der Waals surface area contributed by atoms with Gasteiger partial charge in [0.1, 0.15) is 0 Å². The number of rotatable bonds is 4. The van der Waals surface area contributed by atoms with Gasteiger partial charge in [-0.05, 0) is 42.3 Å². The van der Waals surface area contributed by atoms with E-state index in [1.165, 1.54) is 0 Å². The Kier molecular flexibility index (Phi) is 6.78. The van der Waals surface area contributed by atoms with Crippen LogP contribution in [0.1, 0.15) is 21.5 Å². The molecule has 148 valence electrons. The lowest BCUT2D eigenvalue weighted by Crippen LogP contribution is -2.41. The molecule has 0 aliphatic carbocycles. The molecule has 0 atom stereocenters. The van der Waals surface area contributed by atoms with Crippen molar-refractivity contribution in [3.8, 4) is 0 Å². The minimum atomic E-state index is -0.384. The van der Waals surface area contributed by atoms with Crippen LogP contribution in [0.3, 0.4) is 0 Å². The Morgan fingerprint density at radius 1 is 1.14 bits per heavy atom. The van der Waals surface area contributed by atoms with Crippen molar-refractivity contribution in [1.29, 1.82) is 0 Å².